The first-order chi connectivity index (χ1) is 18.7. The largest absolute Gasteiger partial charge is 0.468 e. The first kappa shape index (κ1) is 29.6. The fourth-order valence-electron chi connectivity index (χ4n) is 4.11. The number of methoxy groups -OCH3 is 1. The van der Waals surface area contributed by atoms with E-state index in [1.54, 1.807) is 37.2 Å². The Labute approximate surface area is 228 Å². The van der Waals surface area contributed by atoms with Crippen LogP contribution in [0.1, 0.15) is 20.1 Å². The smallest absolute Gasteiger partial charge is 0.459 e. The summed E-state index contributed by atoms with van der Waals surface area (Å²) in [6, 6.07) is 6.51. The van der Waals surface area contributed by atoms with E-state index in [2.05, 4.69) is 24.8 Å². The molecule has 1 saturated heterocycles. The third-order valence-corrected chi connectivity index (χ3v) is 7.76. The molecule has 3 heterocycles. The van der Waals surface area contributed by atoms with Gasteiger partial charge in [-0.25, -0.2) is 18.3 Å². The Morgan fingerprint density at radius 2 is 2.00 bits per heavy atom. The molecule has 0 amide bonds. The zero-order chi connectivity index (χ0) is 29.5. The summed E-state index contributed by atoms with van der Waals surface area (Å²) in [5.41, 5.74) is 3.30. The number of nitrogens with zero attached hydrogens (tertiary/aromatic N) is 5. The number of fused-ring (bicyclic) bond motifs is 1. The number of aliphatic hydroxyl groups excluding tert-OH is 1. The number of benzene rings is 1. The average Bonchev–Trinajstić information content (AvgIpc) is 3.39. The van der Waals surface area contributed by atoms with E-state index in [1.165, 1.54) is 19.1 Å². The van der Waals surface area contributed by atoms with E-state index in [1.807, 2.05) is 0 Å². The number of hydrogen-bond donors (Lipinski definition) is 3. The maximum Gasteiger partial charge on any atom is 0.459 e. The molecule has 3 aromatic rings. The molecular formula is C23H30F2N7O7P. The second-order valence-corrected chi connectivity index (χ2v) is 11.2. The normalized spacial score (nSPS) is 26.8. The molecule has 0 bridgehead atoms. The molecule has 1 fully saturated rings. The van der Waals surface area contributed by atoms with Crippen LogP contribution >= 0.6 is 7.75 Å². The van der Waals surface area contributed by atoms with Gasteiger partial charge in [0.15, 0.2) is 35.0 Å². The van der Waals surface area contributed by atoms with Gasteiger partial charge < -0.3 is 29.7 Å². The van der Waals surface area contributed by atoms with Crippen molar-refractivity contribution in [3.05, 3.63) is 36.7 Å². The summed E-state index contributed by atoms with van der Waals surface area (Å²) in [6.45, 7) is 0.975. The summed E-state index contributed by atoms with van der Waals surface area (Å²) in [5, 5.41) is 13.1. The molecule has 0 spiro atoms. The Balaban J connectivity index is 1.64. The standard InChI is InChI=1S/C23H30F2N7O7P/c1-13(18(33)36-5)30-40(35,39-14-9-7-6-8-10-14)37-11-23(25)19(34)22(2,24)20(38-23)32-12-27-15-16(31(3)4)28-21(26)29-17(15)32/h6-10,12-13,19-20,34H,11H2,1-5H3,(H,30,35)(H2,26,28,29)/t13-,19-,20+,22+,23+,40+/m0/s1. The summed E-state index contributed by atoms with van der Waals surface area (Å²) >= 11 is 0. The van der Waals surface area contributed by atoms with Gasteiger partial charge in [0.05, 0.1) is 13.4 Å². The van der Waals surface area contributed by atoms with Crippen molar-refractivity contribution in [2.24, 2.45) is 0 Å². The lowest BCUT2D eigenvalue weighted by Gasteiger charge is -2.28. The molecule has 1 aliphatic rings. The third kappa shape index (κ3) is 5.58. The topological polar surface area (TPSA) is 176 Å². The van der Waals surface area contributed by atoms with Gasteiger partial charge in [-0.3, -0.25) is 13.9 Å². The van der Waals surface area contributed by atoms with Crippen molar-refractivity contribution >= 4 is 36.6 Å². The van der Waals surface area contributed by atoms with Gasteiger partial charge in [-0.05, 0) is 26.0 Å². The van der Waals surface area contributed by atoms with Gasteiger partial charge in [-0.1, -0.05) is 18.2 Å². The average molecular weight is 586 g/mol. The number of nitrogens with two attached hydrogens (primary N) is 1. The lowest BCUT2D eigenvalue weighted by atomic mass is 9.97. The molecule has 0 unspecified atom stereocenters. The number of anilines is 2. The van der Waals surface area contributed by atoms with Crippen molar-refractivity contribution in [2.75, 3.05) is 38.4 Å². The number of nitrogen functional groups attached to an aromatic ring is 1. The third-order valence-electron chi connectivity index (χ3n) is 6.14. The highest BCUT2D eigenvalue weighted by Gasteiger charge is 2.65. The van der Waals surface area contributed by atoms with Crippen molar-refractivity contribution in [2.45, 2.75) is 43.7 Å². The first-order valence-corrected chi connectivity index (χ1v) is 13.5. The van der Waals surface area contributed by atoms with Crippen LogP contribution in [0.25, 0.3) is 11.2 Å². The van der Waals surface area contributed by atoms with Crippen LogP contribution in [-0.2, 0) is 23.4 Å². The molecule has 4 N–H and O–H groups in total. The first-order valence-electron chi connectivity index (χ1n) is 12.0. The minimum absolute atomic E-state index is 0.0223. The fraction of sp³-hybridized carbons (Fsp3) is 0.478. The zero-order valence-electron chi connectivity index (χ0n) is 22.3. The summed E-state index contributed by atoms with van der Waals surface area (Å²) in [4.78, 5) is 25.9. The van der Waals surface area contributed by atoms with Gasteiger partial charge in [-0.2, -0.15) is 15.1 Å². The van der Waals surface area contributed by atoms with Gasteiger partial charge in [-0.15, -0.1) is 0 Å². The van der Waals surface area contributed by atoms with E-state index in [4.69, 9.17) is 19.5 Å². The number of esters is 1. The summed E-state index contributed by atoms with van der Waals surface area (Å²) in [6.07, 6.45) is -3.09. The van der Waals surface area contributed by atoms with Crippen LogP contribution in [0.2, 0.25) is 0 Å². The number of aliphatic hydroxyl groups is 1. The van der Waals surface area contributed by atoms with Gasteiger partial charge in [0.25, 0.3) is 5.85 Å². The van der Waals surface area contributed by atoms with Crippen LogP contribution < -0.4 is 20.2 Å². The highest BCUT2D eigenvalue weighted by atomic mass is 31.2. The van der Waals surface area contributed by atoms with Gasteiger partial charge in [0.2, 0.25) is 5.95 Å². The Morgan fingerprint density at radius 3 is 2.62 bits per heavy atom. The maximum atomic E-state index is 16.1. The molecule has 0 radical (unpaired) electrons. The highest BCUT2D eigenvalue weighted by molar-refractivity contribution is 7.52. The Morgan fingerprint density at radius 1 is 1.32 bits per heavy atom. The van der Waals surface area contributed by atoms with Crippen molar-refractivity contribution in [1.29, 1.82) is 0 Å². The van der Waals surface area contributed by atoms with Gasteiger partial charge in [0, 0.05) is 14.1 Å². The number of alkyl halides is 2. The van der Waals surface area contributed by atoms with Crippen molar-refractivity contribution in [3.63, 3.8) is 0 Å². The molecule has 0 saturated carbocycles. The predicted octanol–water partition coefficient (Wildman–Crippen LogP) is 2.11. The van der Waals surface area contributed by atoms with Gasteiger partial charge in [0.1, 0.15) is 18.4 Å². The van der Waals surface area contributed by atoms with Crippen LogP contribution in [-0.4, -0.2) is 82.1 Å². The monoisotopic (exact) mass is 585 g/mol. The lowest BCUT2D eigenvalue weighted by Crippen LogP contribution is -2.47. The quantitative estimate of drug-likeness (QED) is 0.233. The number of halogens is 2. The number of aromatic nitrogens is 4. The van der Waals surface area contributed by atoms with E-state index < -0.39 is 50.2 Å². The predicted molar refractivity (Wildman–Crippen MR) is 139 cm³/mol. The van der Waals surface area contributed by atoms with Crippen molar-refractivity contribution in [3.8, 4) is 5.75 Å². The Kier molecular flexibility index (Phi) is 8.02. The van der Waals surface area contributed by atoms with Crippen LogP contribution in [0.15, 0.2) is 36.7 Å². The van der Waals surface area contributed by atoms with Crippen LogP contribution in [0.5, 0.6) is 5.75 Å². The lowest BCUT2D eigenvalue weighted by molar-refractivity contribution is -0.202. The number of nitrogens with one attached hydrogen (secondary N) is 1. The molecule has 40 heavy (non-hydrogen) atoms. The van der Waals surface area contributed by atoms with E-state index in [0.29, 0.717) is 5.82 Å². The van der Waals surface area contributed by atoms with Crippen LogP contribution in [0.3, 0.4) is 0 Å². The molecule has 14 nitrogen and oxygen atoms in total. The molecule has 2 aromatic heterocycles. The van der Waals surface area contributed by atoms with Crippen molar-refractivity contribution < 1.29 is 41.8 Å². The Hall–Kier alpha value is -3.43. The molecule has 6 atom stereocenters. The maximum absolute atomic E-state index is 16.1. The SMILES string of the molecule is COC(=O)[C@H](C)N[P@@](=O)(OC[C@@]1(F)O[C@@H](n2cnc3c(N(C)C)nc(N)nc32)[C@](C)(F)[C@@H]1O)Oc1ccccc1. The van der Waals surface area contributed by atoms with E-state index in [0.717, 1.165) is 24.9 Å². The zero-order valence-corrected chi connectivity index (χ0v) is 23.2. The number of ether oxygens (including phenoxy) is 2. The molecule has 17 heteroatoms. The number of carbonyl (C=O) groups excluding carboxylic acids is 1. The number of hydrogen-bond acceptors (Lipinski definition) is 12. The second-order valence-electron chi connectivity index (χ2n) is 9.48. The van der Waals surface area contributed by atoms with Crippen LogP contribution in [0.4, 0.5) is 20.5 Å². The minimum Gasteiger partial charge on any atom is -0.468 e. The number of rotatable bonds is 10. The molecule has 1 aliphatic heterocycles. The van der Waals surface area contributed by atoms with E-state index in [-0.39, 0.29) is 22.9 Å². The molecule has 1 aromatic carbocycles. The number of imidazole rings is 1. The molecule has 4 rings (SSSR count). The summed E-state index contributed by atoms with van der Waals surface area (Å²) < 4.78 is 67.5. The fourth-order valence-corrected chi connectivity index (χ4v) is 5.62. The summed E-state index contributed by atoms with van der Waals surface area (Å²) in [7, 11) is -0.0510. The Bertz CT molecular complexity index is 1430. The molecule has 218 valence electrons. The number of carbonyl (C=O) groups is 1. The highest BCUT2D eigenvalue weighted by Crippen LogP contribution is 2.52. The van der Waals surface area contributed by atoms with E-state index >= 15 is 8.78 Å². The van der Waals surface area contributed by atoms with E-state index in [9.17, 15) is 14.5 Å². The second kappa shape index (κ2) is 10.9. The van der Waals surface area contributed by atoms with Crippen LogP contribution in [0, 0.1) is 0 Å². The molecule has 0 aliphatic carbocycles. The minimum atomic E-state index is -4.54. The van der Waals surface area contributed by atoms with Crippen molar-refractivity contribution in [1.82, 2.24) is 24.6 Å². The van der Waals surface area contributed by atoms with Gasteiger partial charge >= 0.3 is 13.7 Å². The molecular weight excluding hydrogens is 555 g/mol. The number of para-hydroxylation sites is 1. The summed E-state index contributed by atoms with van der Waals surface area (Å²) in [5.74, 6) is -3.83.